The zero-order valence-electron chi connectivity index (χ0n) is 13.9. The number of ether oxygens (including phenoxy) is 1. The molecule has 0 spiro atoms. The number of benzene rings is 1. The van der Waals surface area contributed by atoms with Gasteiger partial charge in [0.05, 0.1) is 16.8 Å². The Labute approximate surface area is 157 Å². The molecule has 1 aromatic carbocycles. The first-order valence-corrected chi connectivity index (χ1v) is 10.3. The molecule has 10 heteroatoms. The second-order valence-electron chi connectivity index (χ2n) is 5.57. The number of rotatable bonds is 5. The summed E-state index contributed by atoms with van der Waals surface area (Å²) in [5, 5.41) is 1.79. The van der Waals surface area contributed by atoms with E-state index < -0.39 is 27.6 Å². The Bertz CT molecular complexity index is 1030. The summed E-state index contributed by atoms with van der Waals surface area (Å²) >= 11 is 1.35. The average molecular weight is 414 g/mol. The summed E-state index contributed by atoms with van der Waals surface area (Å²) in [6.45, 7) is -0.0636. The van der Waals surface area contributed by atoms with Crippen molar-refractivity contribution < 1.29 is 26.3 Å². The van der Waals surface area contributed by atoms with E-state index in [2.05, 4.69) is 9.97 Å². The molecule has 0 bridgehead atoms. The summed E-state index contributed by atoms with van der Waals surface area (Å²) in [4.78, 5) is 8.26. The Kier molecular flexibility index (Phi) is 5.20. The highest BCUT2D eigenvalue weighted by molar-refractivity contribution is 7.90. The zero-order valence-corrected chi connectivity index (χ0v) is 15.5. The lowest BCUT2D eigenvalue weighted by atomic mass is 10.1. The second kappa shape index (κ2) is 7.28. The molecule has 27 heavy (non-hydrogen) atoms. The highest BCUT2D eigenvalue weighted by atomic mass is 32.2. The minimum atomic E-state index is -4.71. The van der Waals surface area contributed by atoms with E-state index >= 15 is 0 Å². The van der Waals surface area contributed by atoms with Crippen LogP contribution in [0.5, 0.6) is 5.88 Å². The van der Waals surface area contributed by atoms with Gasteiger partial charge < -0.3 is 4.74 Å². The third-order valence-corrected chi connectivity index (χ3v) is 5.50. The van der Waals surface area contributed by atoms with Crippen LogP contribution >= 0.6 is 11.3 Å². The van der Waals surface area contributed by atoms with E-state index in [0.717, 1.165) is 17.3 Å². The van der Waals surface area contributed by atoms with Crippen molar-refractivity contribution >= 4 is 21.2 Å². The van der Waals surface area contributed by atoms with Gasteiger partial charge in [0.15, 0.2) is 9.84 Å². The highest BCUT2D eigenvalue weighted by Crippen LogP contribution is 2.35. The standard InChI is InChI=1S/C17H13F3N2O3S2/c1-27(23,24)13-6-4-11(5-7-13)14-9-21-15(17(18,19)20)16(22-14)25-10-12-3-2-8-26-12/h2-9H,10H2,1H3. The van der Waals surface area contributed by atoms with Gasteiger partial charge >= 0.3 is 6.18 Å². The molecule has 0 aliphatic carbocycles. The first-order valence-electron chi connectivity index (χ1n) is 7.54. The molecule has 3 aromatic rings. The molecule has 2 heterocycles. The number of sulfone groups is 1. The molecule has 0 saturated heterocycles. The van der Waals surface area contributed by atoms with Crippen molar-refractivity contribution in [3.05, 3.63) is 58.5 Å². The van der Waals surface area contributed by atoms with Crippen molar-refractivity contribution in [1.82, 2.24) is 9.97 Å². The monoisotopic (exact) mass is 414 g/mol. The maximum atomic E-state index is 13.2. The zero-order chi connectivity index (χ0) is 19.7. The van der Waals surface area contributed by atoms with Crippen LogP contribution in [-0.4, -0.2) is 24.6 Å². The van der Waals surface area contributed by atoms with Crippen LogP contribution in [0.15, 0.2) is 52.9 Å². The first-order chi connectivity index (χ1) is 12.6. The molecule has 0 unspecified atom stereocenters. The van der Waals surface area contributed by atoms with Crippen LogP contribution < -0.4 is 4.74 Å². The van der Waals surface area contributed by atoms with Gasteiger partial charge in [-0.15, -0.1) is 11.3 Å². The van der Waals surface area contributed by atoms with Gasteiger partial charge in [-0.25, -0.2) is 18.4 Å². The van der Waals surface area contributed by atoms with Gasteiger partial charge in [-0.1, -0.05) is 18.2 Å². The van der Waals surface area contributed by atoms with E-state index in [-0.39, 0.29) is 17.2 Å². The molecule has 0 saturated carbocycles. The van der Waals surface area contributed by atoms with Gasteiger partial charge in [-0.05, 0) is 23.6 Å². The van der Waals surface area contributed by atoms with Crippen LogP contribution in [0, 0.1) is 0 Å². The maximum absolute atomic E-state index is 13.2. The van der Waals surface area contributed by atoms with Gasteiger partial charge in [0.2, 0.25) is 11.6 Å². The second-order valence-corrected chi connectivity index (χ2v) is 8.62. The molecule has 2 aromatic heterocycles. The molecule has 0 aliphatic heterocycles. The molecule has 0 atom stereocenters. The number of hydrogen-bond donors (Lipinski definition) is 0. The fourth-order valence-electron chi connectivity index (χ4n) is 2.21. The number of aromatic nitrogens is 2. The van der Waals surface area contributed by atoms with E-state index in [4.69, 9.17) is 4.74 Å². The SMILES string of the molecule is CS(=O)(=O)c1ccc(-c2cnc(C(F)(F)F)c(OCc3cccs3)n2)cc1. The van der Waals surface area contributed by atoms with Crippen molar-refractivity contribution in [2.75, 3.05) is 6.26 Å². The van der Waals surface area contributed by atoms with E-state index in [0.29, 0.717) is 5.56 Å². The quantitative estimate of drug-likeness (QED) is 0.626. The van der Waals surface area contributed by atoms with Gasteiger partial charge in [0, 0.05) is 16.7 Å². The van der Waals surface area contributed by atoms with Crippen molar-refractivity contribution in [3.8, 4) is 17.1 Å². The Morgan fingerprint density at radius 2 is 1.85 bits per heavy atom. The number of thiophene rings is 1. The third kappa shape index (κ3) is 4.64. The topological polar surface area (TPSA) is 69.2 Å². The predicted octanol–water partition coefficient (Wildman–Crippen LogP) is 4.21. The van der Waals surface area contributed by atoms with Crippen LogP contribution in [0.4, 0.5) is 13.2 Å². The molecule has 0 fully saturated rings. The highest BCUT2D eigenvalue weighted by Gasteiger charge is 2.37. The molecule has 0 radical (unpaired) electrons. The van der Waals surface area contributed by atoms with Gasteiger partial charge in [0.1, 0.15) is 6.61 Å². The largest absolute Gasteiger partial charge is 0.470 e. The Morgan fingerprint density at radius 3 is 2.41 bits per heavy atom. The van der Waals surface area contributed by atoms with Crippen LogP contribution in [0.2, 0.25) is 0 Å². The Hall–Kier alpha value is -2.46. The smallest absolute Gasteiger partial charge is 0.438 e. The first kappa shape index (κ1) is 19.3. The summed E-state index contributed by atoms with van der Waals surface area (Å²) in [7, 11) is -3.38. The molecule has 5 nitrogen and oxygen atoms in total. The fourth-order valence-corrected chi connectivity index (χ4v) is 3.46. The van der Waals surface area contributed by atoms with Crippen molar-refractivity contribution in [2.24, 2.45) is 0 Å². The number of hydrogen-bond acceptors (Lipinski definition) is 6. The van der Waals surface area contributed by atoms with Crippen LogP contribution in [0.3, 0.4) is 0 Å². The maximum Gasteiger partial charge on any atom is 0.438 e. The van der Waals surface area contributed by atoms with Crippen LogP contribution in [0.1, 0.15) is 10.6 Å². The molecule has 142 valence electrons. The Balaban J connectivity index is 1.95. The van der Waals surface area contributed by atoms with Gasteiger partial charge in [-0.2, -0.15) is 13.2 Å². The lowest BCUT2D eigenvalue weighted by Gasteiger charge is -2.13. The lowest BCUT2D eigenvalue weighted by Crippen LogP contribution is -2.13. The number of nitrogens with zero attached hydrogens (tertiary/aromatic N) is 2. The molecule has 0 amide bonds. The average Bonchev–Trinajstić information content (AvgIpc) is 3.12. The van der Waals surface area contributed by atoms with Crippen LogP contribution in [0.25, 0.3) is 11.3 Å². The summed E-state index contributed by atoms with van der Waals surface area (Å²) in [6, 6.07) is 9.12. The third-order valence-electron chi connectivity index (χ3n) is 3.52. The van der Waals surface area contributed by atoms with Crippen molar-refractivity contribution in [3.63, 3.8) is 0 Å². The molecule has 3 rings (SSSR count). The van der Waals surface area contributed by atoms with E-state index in [9.17, 15) is 21.6 Å². The fraction of sp³-hybridized carbons (Fsp3) is 0.176. The number of halogens is 3. The van der Waals surface area contributed by atoms with Crippen LogP contribution in [-0.2, 0) is 22.6 Å². The number of alkyl halides is 3. The van der Waals surface area contributed by atoms with Crippen molar-refractivity contribution in [1.29, 1.82) is 0 Å². The lowest BCUT2D eigenvalue weighted by molar-refractivity contribution is -0.143. The minimum Gasteiger partial charge on any atom is -0.470 e. The normalized spacial score (nSPS) is 12.1. The summed E-state index contributed by atoms with van der Waals surface area (Å²) in [5.41, 5.74) is -0.649. The van der Waals surface area contributed by atoms with Gasteiger partial charge in [0.25, 0.3) is 0 Å². The summed E-state index contributed by atoms with van der Waals surface area (Å²) in [5.74, 6) is -0.624. The summed E-state index contributed by atoms with van der Waals surface area (Å²) < 4.78 is 67.9. The molecular weight excluding hydrogens is 401 g/mol. The summed E-state index contributed by atoms with van der Waals surface area (Å²) in [6.07, 6.45) is -2.66. The predicted molar refractivity (Wildman–Crippen MR) is 94.2 cm³/mol. The van der Waals surface area contributed by atoms with E-state index in [1.165, 1.54) is 35.6 Å². The molecule has 0 aliphatic rings. The van der Waals surface area contributed by atoms with Gasteiger partial charge in [-0.3, -0.25) is 0 Å². The molecule has 0 N–H and O–H groups in total. The Morgan fingerprint density at radius 1 is 1.15 bits per heavy atom. The molecular formula is C17H13F3N2O3S2. The van der Waals surface area contributed by atoms with E-state index in [1.807, 2.05) is 0 Å². The van der Waals surface area contributed by atoms with Crippen molar-refractivity contribution in [2.45, 2.75) is 17.7 Å². The minimum absolute atomic E-state index is 0.0636. The van der Waals surface area contributed by atoms with E-state index in [1.54, 1.807) is 17.5 Å².